The third-order valence-corrected chi connectivity index (χ3v) is 3.67. The lowest BCUT2D eigenvalue weighted by Crippen LogP contribution is -2.33. The maximum absolute atomic E-state index is 10.8. The Morgan fingerprint density at radius 2 is 2.29 bits per heavy atom. The summed E-state index contributed by atoms with van der Waals surface area (Å²) in [5.74, 6) is 0. The van der Waals surface area contributed by atoms with Gasteiger partial charge in [0.05, 0.1) is 12.7 Å². The summed E-state index contributed by atoms with van der Waals surface area (Å²) in [6.07, 6.45) is 4.06. The average molecular weight is 229 g/mol. The second kappa shape index (κ2) is 3.79. The SMILES string of the molecule is CC1OCCC1(O)c1cccc2cnccc12. The van der Waals surface area contributed by atoms with E-state index in [1.54, 1.807) is 6.20 Å². The standard InChI is InChI=1S/C14H15NO2/c1-10-14(16,6-8-17-10)13-4-2-3-11-9-15-7-5-12(11)13/h2-5,7,9-10,16H,6,8H2,1H3. The molecule has 1 N–H and O–H groups in total. The number of pyridine rings is 1. The highest BCUT2D eigenvalue weighted by atomic mass is 16.5. The maximum atomic E-state index is 10.8. The minimum atomic E-state index is -0.874. The first-order chi connectivity index (χ1) is 8.22. The number of rotatable bonds is 1. The Morgan fingerprint density at radius 3 is 3.06 bits per heavy atom. The van der Waals surface area contributed by atoms with Crippen LogP contribution in [-0.4, -0.2) is 22.8 Å². The smallest absolute Gasteiger partial charge is 0.118 e. The van der Waals surface area contributed by atoms with Crippen LogP contribution in [0.1, 0.15) is 18.9 Å². The molecule has 2 atom stereocenters. The molecule has 0 amide bonds. The summed E-state index contributed by atoms with van der Waals surface area (Å²) in [5.41, 5.74) is 0.0725. The molecule has 88 valence electrons. The Kier molecular flexibility index (Phi) is 2.38. The molecule has 3 nitrogen and oxygen atoms in total. The van der Waals surface area contributed by atoms with Gasteiger partial charge in [-0.25, -0.2) is 0 Å². The highest BCUT2D eigenvalue weighted by Gasteiger charge is 2.41. The predicted octanol–water partition coefficient (Wildman–Crippen LogP) is 2.23. The van der Waals surface area contributed by atoms with Gasteiger partial charge in [0.25, 0.3) is 0 Å². The van der Waals surface area contributed by atoms with Gasteiger partial charge < -0.3 is 9.84 Å². The van der Waals surface area contributed by atoms with Crippen molar-refractivity contribution in [1.82, 2.24) is 4.98 Å². The lowest BCUT2D eigenvalue weighted by Gasteiger charge is -2.27. The van der Waals surface area contributed by atoms with E-state index in [9.17, 15) is 5.11 Å². The van der Waals surface area contributed by atoms with E-state index >= 15 is 0 Å². The monoisotopic (exact) mass is 229 g/mol. The molecule has 1 aromatic carbocycles. The minimum Gasteiger partial charge on any atom is -0.382 e. The van der Waals surface area contributed by atoms with Crippen LogP contribution in [0.2, 0.25) is 0 Å². The highest BCUT2D eigenvalue weighted by molar-refractivity contribution is 5.85. The highest BCUT2D eigenvalue weighted by Crippen LogP contribution is 2.38. The van der Waals surface area contributed by atoms with Crippen LogP contribution in [0, 0.1) is 0 Å². The van der Waals surface area contributed by atoms with Crippen molar-refractivity contribution in [3.05, 3.63) is 42.2 Å². The van der Waals surface area contributed by atoms with Gasteiger partial charge in [0.2, 0.25) is 0 Å². The molecule has 1 aliphatic rings. The first-order valence-electron chi connectivity index (χ1n) is 5.89. The fraction of sp³-hybridized carbons (Fsp3) is 0.357. The van der Waals surface area contributed by atoms with Gasteiger partial charge in [0.15, 0.2) is 0 Å². The minimum absolute atomic E-state index is 0.165. The molecule has 17 heavy (non-hydrogen) atoms. The number of nitrogens with zero attached hydrogens (tertiary/aromatic N) is 1. The zero-order chi connectivity index (χ0) is 11.9. The lowest BCUT2D eigenvalue weighted by atomic mass is 9.85. The summed E-state index contributed by atoms with van der Waals surface area (Å²) in [5, 5.41) is 12.9. The summed E-state index contributed by atoms with van der Waals surface area (Å²) < 4.78 is 5.51. The molecular formula is C14H15NO2. The van der Waals surface area contributed by atoms with Crippen molar-refractivity contribution in [3.8, 4) is 0 Å². The Morgan fingerprint density at radius 1 is 1.41 bits per heavy atom. The molecule has 3 heteroatoms. The van der Waals surface area contributed by atoms with E-state index in [0.29, 0.717) is 13.0 Å². The Balaban J connectivity index is 2.24. The Hall–Kier alpha value is -1.45. The van der Waals surface area contributed by atoms with Crippen LogP contribution in [0.15, 0.2) is 36.7 Å². The zero-order valence-corrected chi connectivity index (χ0v) is 9.76. The fourth-order valence-electron chi connectivity index (χ4n) is 2.59. The van der Waals surface area contributed by atoms with E-state index in [0.717, 1.165) is 16.3 Å². The number of hydrogen-bond acceptors (Lipinski definition) is 3. The summed E-state index contributed by atoms with van der Waals surface area (Å²) in [4.78, 5) is 4.11. The molecule has 0 spiro atoms. The van der Waals surface area contributed by atoms with Gasteiger partial charge in [-0.05, 0) is 23.9 Å². The molecule has 0 radical (unpaired) electrons. The average Bonchev–Trinajstić information content (AvgIpc) is 2.70. The molecule has 0 saturated carbocycles. The van der Waals surface area contributed by atoms with Crippen LogP contribution in [0.4, 0.5) is 0 Å². The summed E-state index contributed by atoms with van der Waals surface area (Å²) in [6.45, 7) is 2.53. The molecule has 0 bridgehead atoms. The van der Waals surface area contributed by atoms with Crippen LogP contribution < -0.4 is 0 Å². The quantitative estimate of drug-likeness (QED) is 0.815. The van der Waals surface area contributed by atoms with Crippen LogP contribution >= 0.6 is 0 Å². The second-order valence-electron chi connectivity index (χ2n) is 4.59. The van der Waals surface area contributed by atoms with E-state index in [1.165, 1.54) is 0 Å². The van der Waals surface area contributed by atoms with Crippen molar-refractivity contribution in [2.24, 2.45) is 0 Å². The van der Waals surface area contributed by atoms with E-state index in [2.05, 4.69) is 4.98 Å². The normalized spacial score (nSPS) is 28.7. The van der Waals surface area contributed by atoms with E-state index in [4.69, 9.17) is 4.74 Å². The fourth-order valence-corrected chi connectivity index (χ4v) is 2.59. The van der Waals surface area contributed by atoms with Crippen LogP contribution in [-0.2, 0) is 10.3 Å². The van der Waals surface area contributed by atoms with Gasteiger partial charge in [-0.2, -0.15) is 0 Å². The topological polar surface area (TPSA) is 42.4 Å². The summed E-state index contributed by atoms with van der Waals surface area (Å²) >= 11 is 0. The van der Waals surface area contributed by atoms with Gasteiger partial charge >= 0.3 is 0 Å². The first-order valence-corrected chi connectivity index (χ1v) is 5.89. The van der Waals surface area contributed by atoms with Crippen molar-refractivity contribution in [2.45, 2.75) is 25.0 Å². The summed E-state index contributed by atoms with van der Waals surface area (Å²) in [7, 11) is 0. The van der Waals surface area contributed by atoms with Crippen LogP contribution in [0.3, 0.4) is 0 Å². The van der Waals surface area contributed by atoms with Crippen LogP contribution in [0.5, 0.6) is 0 Å². The third-order valence-electron chi connectivity index (χ3n) is 3.67. The van der Waals surface area contributed by atoms with Gasteiger partial charge in [-0.15, -0.1) is 0 Å². The molecular weight excluding hydrogens is 214 g/mol. The van der Waals surface area contributed by atoms with Gasteiger partial charge in [0, 0.05) is 24.2 Å². The van der Waals surface area contributed by atoms with Crippen molar-refractivity contribution in [1.29, 1.82) is 0 Å². The van der Waals surface area contributed by atoms with Gasteiger partial charge in [0.1, 0.15) is 5.60 Å². The van der Waals surface area contributed by atoms with Crippen molar-refractivity contribution < 1.29 is 9.84 Å². The summed E-state index contributed by atoms with van der Waals surface area (Å²) in [6, 6.07) is 7.90. The van der Waals surface area contributed by atoms with E-state index in [1.807, 2.05) is 37.4 Å². The molecule has 0 aliphatic carbocycles. The molecule has 2 heterocycles. The number of aliphatic hydroxyl groups is 1. The number of aromatic nitrogens is 1. The van der Waals surface area contributed by atoms with E-state index in [-0.39, 0.29) is 6.10 Å². The molecule has 1 fully saturated rings. The number of ether oxygens (including phenoxy) is 1. The predicted molar refractivity (Wildman–Crippen MR) is 65.7 cm³/mol. The molecule has 1 aliphatic heterocycles. The van der Waals surface area contributed by atoms with E-state index < -0.39 is 5.60 Å². The second-order valence-corrected chi connectivity index (χ2v) is 4.59. The number of hydrogen-bond donors (Lipinski definition) is 1. The Bertz CT molecular complexity index is 549. The molecule has 1 aromatic heterocycles. The van der Waals surface area contributed by atoms with Crippen molar-refractivity contribution >= 4 is 10.8 Å². The largest absolute Gasteiger partial charge is 0.382 e. The van der Waals surface area contributed by atoms with Crippen LogP contribution in [0.25, 0.3) is 10.8 Å². The van der Waals surface area contributed by atoms with Gasteiger partial charge in [-0.3, -0.25) is 4.98 Å². The molecule has 1 saturated heterocycles. The number of benzene rings is 1. The van der Waals surface area contributed by atoms with Crippen molar-refractivity contribution in [2.75, 3.05) is 6.61 Å². The van der Waals surface area contributed by atoms with Crippen molar-refractivity contribution in [3.63, 3.8) is 0 Å². The zero-order valence-electron chi connectivity index (χ0n) is 9.76. The first kappa shape index (κ1) is 10.7. The van der Waals surface area contributed by atoms with Gasteiger partial charge in [-0.1, -0.05) is 18.2 Å². The Labute approximate surface area is 100 Å². The third kappa shape index (κ3) is 1.54. The maximum Gasteiger partial charge on any atom is 0.118 e. The molecule has 3 rings (SSSR count). The number of fused-ring (bicyclic) bond motifs is 1. The molecule has 2 aromatic rings. The lowest BCUT2D eigenvalue weighted by molar-refractivity contribution is -0.0306. The molecule has 2 unspecified atom stereocenters.